The maximum absolute atomic E-state index is 12.2. The molecule has 2 aliphatic heterocycles. The van der Waals surface area contributed by atoms with Crippen LogP contribution in [0.4, 0.5) is 0 Å². The first kappa shape index (κ1) is 18.2. The van der Waals surface area contributed by atoms with Crippen LogP contribution in [0.25, 0.3) is 0 Å². The van der Waals surface area contributed by atoms with E-state index in [0.717, 1.165) is 71.7 Å². The van der Waals surface area contributed by atoms with Crippen molar-refractivity contribution < 1.29 is 14.3 Å². The number of hydrogen-bond acceptors (Lipinski definition) is 5. The van der Waals surface area contributed by atoms with Gasteiger partial charge in [-0.3, -0.25) is 19.4 Å². The second kappa shape index (κ2) is 9.85. The van der Waals surface area contributed by atoms with Gasteiger partial charge in [0.05, 0.1) is 13.2 Å². The third kappa shape index (κ3) is 6.45. The smallest absolute Gasteiger partial charge is 0.242 e. The van der Waals surface area contributed by atoms with Gasteiger partial charge in [-0.25, -0.2) is 0 Å². The molecule has 7 heteroatoms. The van der Waals surface area contributed by atoms with Crippen molar-refractivity contribution in [3.05, 3.63) is 0 Å². The fraction of sp³-hybridized carbons (Fsp3) is 0.875. The standard InChI is InChI=1S/C16H30N4O3/c1-2-23-12-11-19-7-9-20(10-8-19)13-15(21)18-14-5-3-4-6-17-16(14)22/h14H,2-13H2,1H3,(H,17,22)(H,18,21)/t14-/m0/s1. The van der Waals surface area contributed by atoms with Gasteiger partial charge >= 0.3 is 0 Å². The minimum absolute atomic E-state index is 0.0448. The van der Waals surface area contributed by atoms with E-state index in [2.05, 4.69) is 20.4 Å². The predicted octanol–water partition coefficient (Wildman–Crippen LogP) is -0.575. The van der Waals surface area contributed by atoms with Crippen LogP contribution in [-0.4, -0.2) is 86.7 Å². The Morgan fingerprint density at radius 3 is 2.74 bits per heavy atom. The van der Waals surface area contributed by atoms with Crippen LogP contribution < -0.4 is 10.6 Å². The molecule has 0 unspecified atom stereocenters. The van der Waals surface area contributed by atoms with Gasteiger partial charge in [-0.1, -0.05) is 0 Å². The Morgan fingerprint density at radius 1 is 1.26 bits per heavy atom. The van der Waals surface area contributed by atoms with E-state index in [1.165, 1.54) is 0 Å². The molecule has 0 spiro atoms. The van der Waals surface area contributed by atoms with Crippen molar-refractivity contribution in [1.29, 1.82) is 0 Å². The summed E-state index contributed by atoms with van der Waals surface area (Å²) >= 11 is 0. The van der Waals surface area contributed by atoms with Crippen molar-refractivity contribution in [1.82, 2.24) is 20.4 Å². The number of nitrogens with zero attached hydrogens (tertiary/aromatic N) is 2. The Balaban J connectivity index is 1.65. The zero-order valence-corrected chi connectivity index (χ0v) is 14.2. The molecule has 1 atom stereocenters. The lowest BCUT2D eigenvalue weighted by atomic mass is 10.1. The van der Waals surface area contributed by atoms with Crippen LogP contribution in [0.3, 0.4) is 0 Å². The lowest BCUT2D eigenvalue weighted by Crippen LogP contribution is -2.52. The Morgan fingerprint density at radius 2 is 2.00 bits per heavy atom. The van der Waals surface area contributed by atoms with E-state index >= 15 is 0 Å². The van der Waals surface area contributed by atoms with Gasteiger partial charge in [-0.15, -0.1) is 0 Å². The molecule has 0 aliphatic carbocycles. The van der Waals surface area contributed by atoms with Gasteiger partial charge in [0.1, 0.15) is 6.04 Å². The molecular weight excluding hydrogens is 296 g/mol. The number of nitrogens with one attached hydrogen (secondary N) is 2. The van der Waals surface area contributed by atoms with Gasteiger partial charge in [0.15, 0.2) is 0 Å². The molecule has 0 aromatic heterocycles. The predicted molar refractivity (Wildman–Crippen MR) is 88.2 cm³/mol. The Bertz CT molecular complexity index is 384. The monoisotopic (exact) mass is 326 g/mol. The first-order chi connectivity index (χ1) is 11.2. The van der Waals surface area contributed by atoms with Crippen LogP contribution in [0, 0.1) is 0 Å². The first-order valence-electron chi connectivity index (χ1n) is 8.78. The summed E-state index contributed by atoms with van der Waals surface area (Å²) in [5, 5.41) is 5.73. The lowest BCUT2D eigenvalue weighted by molar-refractivity contribution is -0.129. The van der Waals surface area contributed by atoms with Gasteiger partial charge in [0.2, 0.25) is 11.8 Å². The third-order valence-corrected chi connectivity index (χ3v) is 4.46. The van der Waals surface area contributed by atoms with E-state index in [4.69, 9.17) is 4.74 Å². The molecule has 0 saturated carbocycles. The molecule has 2 heterocycles. The van der Waals surface area contributed by atoms with Crippen LogP contribution in [0.15, 0.2) is 0 Å². The quantitative estimate of drug-likeness (QED) is 0.613. The molecule has 2 rings (SSSR count). The largest absolute Gasteiger partial charge is 0.380 e. The van der Waals surface area contributed by atoms with Gasteiger partial charge in [0, 0.05) is 45.9 Å². The highest BCUT2D eigenvalue weighted by atomic mass is 16.5. The maximum Gasteiger partial charge on any atom is 0.242 e. The molecule has 7 nitrogen and oxygen atoms in total. The number of piperazine rings is 1. The summed E-state index contributed by atoms with van der Waals surface area (Å²) in [4.78, 5) is 28.5. The highest BCUT2D eigenvalue weighted by molar-refractivity contribution is 5.88. The number of hydrogen-bond donors (Lipinski definition) is 2. The normalized spacial score (nSPS) is 24.0. The fourth-order valence-corrected chi connectivity index (χ4v) is 3.03. The molecule has 0 radical (unpaired) electrons. The van der Waals surface area contributed by atoms with Crippen LogP contribution in [-0.2, 0) is 14.3 Å². The molecule has 2 fully saturated rings. The van der Waals surface area contributed by atoms with Crippen LogP contribution >= 0.6 is 0 Å². The van der Waals surface area contributed by atoms with Gasteiger partial charge in [-0.2, -0.15) is 0 Å². The van der Waals surface area contributed by atoms with E-state index in [9.17, 15) is 9.59 Å². The van der Waals surface area contributed by atoms with Gasteiger partial charge in [-0.05, 0) is 26.2 Å². The van der Waals surface area contributed by atoms with Gasteiger partial charge in [0.25, 0.3) is 0 Å². The van der Waals surface area contributed by atoms with E-state index in [1.807, 2.05) is 6.92 Å². The fourth-order valence-electron chi connectivity index (χ4n) is 3.03. The molecule has 0 aromatic rings. The SMILES string of the molecule is CCOCCN1CCN(CC(=O)N[C@H]2CCCCNC2=O)CC1. The van der Waals surface area contributed by atoms with Crippen molar-refractivity contribution >= 4 is 11.8 Å². The summed E-state index contributed by atoms with van der Waals surface area (Å²) in [6, 6.07) is -0.363. The zero-order valence-electron chi connectivity index (χ0n) is 14.2. The third-order valence-electron chi connectivity index (χ3n) is 4.46. The molecule has 2 saturated heterocycles. The number of carbonyl (C=O) groups excluding carboxylic acids is 2. The number of ether oxygens (including phenoxy) is 1. The zero-order chi connectivity index (χ0) is 16.5. The average molecular weight is 326 g/mol. The Hall–Kier alpha value is -1.18. The average Bonchev–Trinajstić information content (AvgIpc) is 2.74. The topological polar surface area (TPSA) is 73.9 Å². The van der Waals surface area contributed by atoms with Crippen molar-refractivity contribution in [3.8, 4) is 0 Å². The van der Waals surface area contributed by atoms with Crippen LogP contribution in [0.2, 0.25) is 0 Å². The summed E-state index contributed by atoms with van der Waals surface area (Å²) in [6.07, 6.45) is 2.70. The Labute approximate surface area is 138 Å². The molecular formula is C16H30N4O3. The van der Waals surface area contributed by atoms with Crippen LogP contribution in [0.1, 0.15) is 26.2 Å². The summed E-state index contributed by atoms with van der Waals surface area (Å²) in [5.74, 6) is -0.0913. The van der Waals surface area contributed by atoms with E-state index in [0.29, 0.717) is 6.54 Å². The second-order valence-electron chi connectivity index (χ2n) is 6.22. The first-order valence-corrected chi connectivity index (χ1v) is 8.78. The molecule has 0 aromatic carbocycles. The summed E-state index contributed by atoms with van der Waals surface area (Å²) in [6.45, 7) is 9.28. The van der Waals surface area contributed by atoms with Crippen LogP contribution in [0.5, 0.6) is 0 Å². The van der Waals surface area contributed by atoms with Gasteiger partial charge < -0.3 is 15.4 Å². The molecule has 2 aliphatic rings. The molecule has 132 valence electrons. The minimum Gasteiger partial charge on any atom is -0.380 e. The number of amides is 2. The minimum atomic E-state index is -0.363. The van der Waals surface area contributed by atoms with Crippen molar-refractivity contribution in [2.45, 2.75) is 32.2 Å². The Kier molecular flexibility index (Phi) is 7.78. The highest BCUT2D eigenvalue weighted by Crippen LogP contribution is 2.06. The van der Waals surface area contributed by atoms with Crippen molar-refractivity contribution in [2.24, 2.45) is 0 Å². The molecule has 0 bridgehead atoms. The summed E-state index contributed by atoms with van der Waals surface area (Å²) in [5.41, 5.74) is 0. The molecule has 2 amide bonds. The maximum atomic E-state index is 12.2. The summed E-state index contributed by atoms with van der Waals surface area (Å²) < 4.78 is 5.38. The molecule has 23 heavy (non-hydrogen) atoms. The van der Waals surface area contributed by atoms with E-state index in [1.54, 1.807) is 0 Å². The number of carbonyl (C=O) groups is 2. The lowest BCUT2D eigenvalue weighted by Gasteiger charge is -2.34. The second-order valence-corrected chi connectivity index (χ2v) is 6.22. The molecule has 2 N–H and O–H groups in total. The number of rotatable bonds is 7. The summed E-state index contributed by atoms with van der Waals surface area (Å²) in [7, 11) is 0. The van der Waals surface area contributed by atoms with Crippen molar-refractivity contribution in [3.63, 3.8) is 0 Å². The van der Waals surface area contributed by atoms with E-state index < -0.39 is 0 Å². The van der Waals surface area contributed by atoms with Crippen molar-refractivity contribution in [2.75, 3.05) is 59.0 Å². The van der Waals surface area contributed by atoms with E-state index in [-0.39, 0.29) is 17.9 Å². The highest BCUT2D eigenvalue weighted by Gasteiger charge is 2.24.